The van der Waals surface area contributed by atoms with Crippen molar-refractivity contribution in [3.05, 3.63) is 81.4 Å². The molecule has 4 N–H and O–H groups in total. The van der Waals surface area contributed by atoms with Crippen LogP contribution in [0.15, 0.2) is 36.4 Å². The molecule has 1 fully saturated rings. The number of halogens is 1. The molecule has 0 spiro atoms. The minimum atomic E-state index is -0.678. The van der Waals surface area contributed by atoms with E-state index < -0.39 is 17.8 Å². The van der Waals surface area contributed by atoms with E-state index in [1.54, 1.807) is 36.4 Å². The van der Waals surface area contributed by atoms with Crippen LogP contribution in [0.4, 0.5) is 11.4 Å². The number of carboxylic acids is 1. The van der Waals surface area contributed by atoms with Crippen molar-refractivity contribution in [1.29, 1.82) is 5.26 Å². The molecule has 0 bridgehead atoms. The Labute approximate surface area is 307 Å². The van der Waals surface area contributed by atoms with Gasteiger partial charge in [-0.1, -0.05) is 35.9 Å². The number of hydrogen-bond donors (Lipinski definition) is 4. The first-order valence-corrected chi connectivity index (χ1v) is 18.2. The minimum Gasteiger partial charge on any atom is -0.481 e. The van der Waals surface area contributed by atoms with Crippen LogP contribution >= 0.6 is 11.6 Å². The lowest BCUT2D eigenvalue weighted by Crippen LogP contribution is -2.33. The van der Waals surface area contributed by atoms with Gasteiger partial charge in [0.25, 0.3) is 11.8 Å². The van der Waals surface area contributed by atoms with Crippen molar-refractivity contribution < 1.29 is 19.5 Å². The Hall–Kier alpha value is -5.03. The van der Waals surface area contributed by atoms with Gasteiger partial charge >= 0.3 is 5.97 Å². The van der Waals surface area contributed by atoms with Gasteiger partial charge in [-0.15, -0.1) is 0 Å². The number of nitrogens with zero attached hydrogens (tertiary/aromatic N) is 6. The first-order chi connectivity index (χ1) is 25.1. The molecule has 0 atom stereocenters. The summed E-state index contributed by atoms with van der Waals surface area (Å²) in [5.41, 5.74) is 5.73. The Kier molecular flexibility index (Phi) is 10.1. The number of nitrogens with one attached hydrogen (secondary N) is 3. The van der Waals surface area contributed by atoms with E-state index in [4.69, 9.17) is 16.6 Å². The number of amides is 2. The summed E-state index contributed by atoms with van der Waals surface area (Å²) in [7, 11) is 3.67. The number of anilines is 2. The summed E-state index contributed by atoms with van der Waals surface area (Å²) in [4.78, 5) is 50.0. The highest BCUT2D eigenvalue weighted by Gasteiger charge is 2.29. The van der Waals surface area contributed by atoms with Gasteiger partial charge in [-0.2, -0.15) is 5.26 Å². The van der Waals surface area contributed by atoms with E-state index in [0.717, 1.165) is 87.4 Å². The number of rotatable bonds is 9. The van der Waals surface area contributed by atoms with Crippen LogP contribution in [0.2, 0.25) is 5.02 Å². The summed E-state index contributed by atoms with van der Waals surface area (Å²) >= 11 is 6.89. The number of benzene rings is 2. The number of carboxylic acid groups (broad SMARTS) is 1. The number of imidazole rings is 2. The Bertz CT molecular complexity index is 2090. The quantitative estimate of drug-likeness (QED) is 0.183. The summed E-state index contributed by atoms with van der Waals surface area (Å²) in [6.45, 7) is 3.85. The third-order valence-corrected chi connectivity index (χ3v) is 11.3. The van der Waals surface area contributed by atoms with E-state index in [1.165, 1.54) is 0 Å². The minimum absolute atomic E-state index is 0.205. The van der Waals surface area contributed by atoms with Crippen molar-refractivity contribution in [2.24, 2.45) is 25.9 Å². The Morgan fingerprint density at radius 3 is 2.23 bits per heavy atom. The fourth-order valence-electron chi connectivity index (χ4n) is 7.89. The third-order valence-electron chi connectivity index (χ3n) is 10.9. The van der Waals surface area contributed by atoms with Crippen LogP contribution in [-0.2, 0) is 44.8 Å². The lowest BCUT2D eigenvalue weighted by molar-refractivity contribution is -0.143. The van der Waals surface area contributed by atoms with Crippen molar-refractivity contribution in [3.8, 4) is 17.2 Å². The Morgan fingerprint density at radius 1 is 0.923 bits per heavy atom. The maximum absolute atomic E-state index is 13.7. The fraction of sp³-hybridized carbons (Fsp3) is 0.421. The predicted molar refractivity (Wildman–Crippen MR) is 196 cm³/mol. The van der Waals surface area contributed by atoms with Gasteiger partial charge in [0.2, 0.25) is 0 Å². The van der Waals surface area contributed by atoms with E-state index in [1.807, 2.05) is 23.2 Å². The van der Waals surface area contributed by atoms with E-state index in [9.17, 15) is 24.8 Å². The molecular weight excluding hydrogens is 682 g/mol. The van der Waals surface area contributed by atoms with E-state index in [2.05, 4.69) is 31.9 Å². The van der Waals surface area contributed by atoms with Gasteiger partial charge in [0.1, 0.15) is 6.07 Å². The third kappa shape index (κ3) is 6.93. The van der Waals surface area contributed by atoms with Gasteiger partial charge in [0, 0.05) is 75.6 Å². The summed E-state index contributed by atoms with van der Waals surface area (Å²) in [5.74, 6) is -0.601. The largest absolute Gasteiger partial charge is 0.481 e. The zero-order chi connectivity index (χ0) is 36.5. The van der Waals surface area contributed by atoms with Gasteiger partial charge in [-0.05, 0) is 56.7 Å². The molecule has 3 aliphatic rings. The Morgan fingerprint density at radius 2 is 1.56 bits per heavy atom. The second-order valence-corrected chi connectivity index (χ2v) is 14.4. The second-order valence-electron chi connectivity index (χ2n) is 14.0. The lowest BCUT2D eigenvalue weighted by atomic mass is 9.80. The molecule has 2 amide bonds. The topological polar surface area (TPSA) is 170 Å². The van der Waals surface area contributed by atoms with Gasteiger partial charge in [-0.25, -0.2) is 9.97 Å². The molecule has 2 aromatic heterocycles. The van der Waals surface area contributed by atoms with Crippen molar-refractivity contribution in [1.82, 2.24) is 29.3 Å². The Balaban J connectivity index is 1.04. The molecule has 1 aliphatic carbocycles. The van der Waals surface area contributed by atoms with Crippen LogP contribution in [0.1, 0.15) is 81.7 Å². The average molecular weight is 724 g/mol. The maximum atomic E-state index is 13.7. The van der Waals surface area contributed by atoms with Crippen molar-refractivity contribution in [3.63, 3.8) is 0 Å². The van der Waals surface area contributed by atoms with Crippen LogP contribution in [0.3, 0.4) is 0 Å². The van der Waals surface area contributed by atoms with Gasteiger partial charge in [0.05, 0.1) is 39.3 Å². The number of carbonyl (C=O) groups is 3. The zero-order valence-electron chi connectivity index (χ0n) is 29.3. The normalized spacial score (nSPS) is 18.6. The number of hydrogen-bond acceptors (Lipinski definition) is 8. The van der Waals surface area contributed by atoms with Crippen molar-refractivity contribution in [2.75, 3.05) is 30.3 Å². The van der Waals surface area contributed by atoms with Crippen LogP contribution in [0.25, 0.3) is 11.1 Å². The van der Waals surface area contributed by atoms with Crippen LogP contribution in [-0.4, -0.2) is 66.5 Å². The highest BCUT2D eigenvalue weighted by Crippen LogP contribution is 2.38. The molecule has 4 aromatic rings. The molecule has 4 heterocycles. The molecule has 2 aromatic carbocycles. The predicted octanol–water partition coefficient (Wildman–Crippen LogP) is 5.14. The molecule has 270 valence electrons. The molecule has 0 radical (unpaired) electrons. The average Bonchev–Trinajstić information content (AvgIpc) is 3.67. The second kappa shape index (κ2) is 14.9. The van der Waals surface area contributed by atoms with Crippen LogP contribution in [0, 0.1) is 23.2 Å². The first-order valence-electron chi connectivity index (χ1n) is 17.8. The monoisotopic (exact) mass is 723 g/mol. The zero-order valence-corrected chi connectivity index (χ0v) is 30.1. The number of carbonyl (C=O) groups excluding carboxylic acids is 2. The van der Waals surface area contributed by atoms with Crippen LogP contribution in [0.5, 0.6) is 0 Å². The molecule has 7 rings (SSSR count). The summed E-state index contributed by atoms with van der Waals surface area (Å²) in [6, 6.07) is 12.6. The summed E-state index contributed by atoms with van der Waals surface area (Å²) in [5, 5.41) is 29.0. The molecule has 13 nitrogen and oxygen atoms in total. The molecule has 0 unspecified atom stereocenters. The molecule has 0 saturated heterocycles. The maximum Gasteiger partial charge on any atom is 0.306 e. The van der Waals surface area contributed by atoms with Gasteiger partial charge in [0.15, 0.2) is 11.6 Å². The summed E-state index contributed by atoms with van der Waals surface area (Å²) < 4.78 is 3.65. The molecule has 52 heavy (non-hydrogen) atoms. The van der Waals surface area contributed by atoms with Gasteiger partial charge < -0.3 is 30.2 Å². The highest BCUT2D eigenvalue weighted by atomic mass is 35.5. The van der Waals surface area contributed by atoms with Crippen LogP contribution < -0.4 is 16.0 Å². The van der Waals surface area contributed by atoms with E-state index in [0.29, 0.717) is 41.5 Å². The SMILES string of the molecule is Cn1c(C(=O)Nc2cccc(-c3cccc(NC(=O)c4nc5c(n4C)CCN(CC[C@H]4CC[C@H](C(=O)O)CC4)C5)c3C#N)c2Cl)nc2c1CCNC2. The van der Waals surface area contributed by atoms with Crippen molar-refractivity contribution >= 4 is 40.8 Å². The smallest absolute Gasteiger partial charge is 0.306 e. The fourth-order valence-corrected chi connectivity index (χ4v) is 8.17. The highest BCUT2D eigenvalue weighted by molar-refractivity contribution is 6.36. The van der Waals surface area contributed by atoms with Gasteiger partial charge in [-0.3, -0.25) is 19.3 Å². The number of nitriles is 1. The number of aromatic nitrogens is 4. The summed E-state index contributed by atoms with van der Waals surface area (Å²) in [6.07, 6.45) is 5.99. The lowest BCUT2D eigenvalue weighted by Gasteiger charge is -2.30. The van der Waals surface area contributed by atoms with Crippen molar-refractivity contribution in [2.45, 2.75) is 58.0 Å². The van der Waals surface area contributed by atoms with E-state index >= 15 is 0 Å². The molecule has 14 heteroatoms. The number of fused-ring (bicyclic) bond motifs is 2. The molecule has 2 aliphatic heterocycles. The molecular formula is C38H42ClN9O4. The first kappa shape index (κ1) is 35.4. The standard InChI is InChI=1S/C38H42ClN9O4/c1-46-31-13-16-41-20-29(31)42-34(46)37(50)45-28-8-4-6-25(33(28)39)24-5-3-7-27(26(24)19-40)44-36(49)35-43-30-21-48(18-15-32(30)47(35)2)17-14-22-9-11-23(12-10-22)38(51)52/h3-8,22-23,41H,9-18,20-21H2,1-2H3,(H,44,49)(H,45,50)(H,51,52)/t22-,23-. The molecule has 1 saturated carbocycles. The van der Waals surface area contributed by atoms with E-state index in [-0.39, 0.29) is 28.2 Å². The number of aliphatic carboxylic acids is 1.